The van der Waals surface area contributed by atoms with Crippen LogP contribution in [0, 0.1) is 0 Å². The Bertz CT molecular complexity index is 297. The van der Waals surface area contributed by atoms with Crippen LogP contribution in [0.1, 0.15) is 18.0 Å². The van der Waals surface area contributed by atoms with Crippen LogP contribution in [-0.2, 0) is 0 Å². The summed E-state index contributed by atoms with van der Waals surface area (Å²) in [5.74, 6) is 0. The molecule has 0 unspecified atom stereocenters. The van der Waals surface area contributed by atoms with Crippen LogP contribution < -0.4 is 5.32 Å². The zero-order valence-corrected chi connectivity index (χ0v) is 12.3. The molecule has 0 bridgehead atoms. The number of piperazine rings is 1. The van der Waals surface area contributed by atoms with Gasteiger partial charge in [-0.05, 0) is 28.8 Å². The van der Waals surface area contributed by atoms with Gasteiger partial charge >= 0.3 is 0 Å². The zero-order chi connectivity index (χ0) is 10.5. The van der Waals surface area contributed by atoms with Crippen molar-refractivity contribution in [2.75, 3.05) is 26.2 Å². The van der Waals surface area contributed by atoms with E-state index in [1.807, 2.05) is 6.08 Å². The minimum absolute atomic E-state index is 0. The Labute approximate surface area is 120 Å². The fourth-order valence-corrected chi connectivity index (χ4v) is 2.82. The van der Waals surface area contributed by atoms with Crippen molar-refractivity contribution in [2.45, 2.75) is 12.5 Å². The molecule has 0 aliphatic carbocycles. The van der Waals surface area contributed by atoms with E-state index < -0.39 is 0 Å². The lowest BCUT2D eigenvalue weighted by molar-refractivity contribution is 0.175. The van der Waals surface area contributed by atoms with Gasteiger partial charge in [0.15, 0.2) is 0 Å². The maximum Gasteiger partial charge on any atom is 0.0391 e. The Morgan fingerprint density at radius 3 is 2.65 bits per heavy atom. The molecule has 0 aromatic carbocycles. The van der Waals surface area contributed by atoms with Gasteiger partial charge in [-0.15, -0.1) is 31.4 Å². The monoisotopic (exact) mass is 294 g/mol. The van der Waals surface area contributed by atoms with E-state index in [0.717, 1.165) is 32.6 Å². The van der Waals surface area contributed by atoms with Gasteiger partial charge in [-0.25, -0.2) is 0 Å². The lowest BCUT2D eigenvalue weighted by Gasteiger charge is -2.34. The number of thiophene rings is 1. The highest BCUT2D eigenvalue weighted by atomic mass is 35.5. The predicted octanol–water partition coefficient (Wildman–Crippen LogP) is 3.11. The van der Waals surface area contributed by atoms with E-state index >= 15 is 0 Å². The van der Waals surface area contributed by atoms with Gasteiger partial charge in [0.1, 0.15) is 0 Å². The molecule has 17 heavy (non-hydrogen) atoms. The molecule has 0 radical (unpaired) electrons. The van der Waals surface area contributed by atoms with Gasteiger partial charge in [0.2, 0.25) is 0 Å². The summed E-state index contributed by atoms with van der Waals surface area (Å²) in [7, 11) is 0. The van der Waals surface area contributed by atoms with E-state index in [1.54, 1.807) is 11.3 Å². The molecule has 0 spiro atoms. The van der Waals surface area contributed by atoms with Gasteiger partial charge in [0, 0.05) is 32.2 Å². The van der Waals surface area contributed by atoms with Crippen molar-refractivity contribution < 1.29 is 0 Å². The molecular weight excluding hydrogens is 275 g/mol. The summed E-state index contributed by atoms with van der Waals surface area (Å²) >= 11 is 1.78. The minimum Gasteiger partial charge on any atom is -0.314 e. The van der Waals surface area contributed by atoms with Crippen LogP contribution in [0.4, 0.5) is 0 Å². The third-order valence-corrected chi connectivity index (χ3v) is 3.61. The van der Waals surface area contributed by atoms with Crippen LogP contribution in [0.15, 0.2) is 29.5 Å². The van der Waals surface area contributed by atoms with E-state index in [4.69, 9.17) is 0 Å². The summed E-state index contributed by atoms with van der Waals surface area (Å²) in [4.78, 5) is 2.56. The van der Waals surface area contributed by atoms with Crippen molar-refractivity contribution in [3.63, 3.8) is 0 Å². The molecule has 2 nitrogen and oxygen atoms in total. The van der Waals surface area contributed by atoms with Crippen molar-refractivity contribution in [2.24, 2.45) is 0 Å². The molecule has 1 aromatic rings. The van der Waals surface area contributed by atoms with E-state index in [2.05, 4.69) is 33.6 Å². The summed E-state index contributed by atoms with van der Waals surface area (Å²) in [5.41, 5.74) is 1.45. The third-order valence-electron chi connectivity index (χ3n) is 2.91. The largest absolute Gasteiger partial charge is 0.314 e. The fraction of sp³-hybridized carbons (Fsp3) is 0.500. The van der Waals surface area contributed by atoms with Crippen molar-refractivity contribution in [1.29, 1.82) is 0 Å². The Morgan fingerprint density at radius 1 is 1.41 bits per heavy atom. The quantitative estimate of drug-likeness (QED) is 0.859. The fourth-order valence-electron chi connectivity index (χ4n) is 2.11. The van der Waals surface area contributed by atoms with Crippen LogP contribution in [0.5, 0.6) is 0 Å². The van der Waals surface area contributed by atoms with Crippen LogP contribution in [0.3, 0.4) is 0 Å². The number of nitrogens with one attached hydrogen (secondary N) is 1. The highest BCUT2D eigenvalue weighted by Crippen LogP contribution is 2.26. The number of nitrogens with zero attached hydrogens (tertiary/aromatic N) is 1. The molecule has 2 heterocycles. The molecule has 1 atom stereocenters. The molecule has 1 aliphatic heterocycles. The summed E-state index contributed by atoms with van der Waals surface area (Å²) in [6.45, 7) is 8.38. The number of hydrogen-bond donors (Lipinski definition) is 1. The Hall–Kier alpha value is -0.0600. The average molecular weight is 295 g/mol. The van der Waals surface area contributed by atoms with Crippen LogP contribution in [0.2, 0.25) is 0 Å². The first-order valence-electron chi connectivity index (χ1n) is 5.49. The van der Waals surface area contributed by atoms with Gasteiger partial charge in [0.25, 0.3) is 0 Å². The van der Waals surface area contributed by atoms with Crippen LogP contribution >= 0.6 is 36.2 Å². The average Bonchev–Trinajstić information content (AvgIpc) is 2.80. The molecular formula is C12H20Cl2N2S. The maximum atomic E-state index is 3.87. The van der Waals surface area contributed by atoms with Crippen molar-refractivity contribution in [1.82, 2.24) is 10.2 Å². The molecule has 98 valence electrons. The van der Waals surface area contributed by atoms with E-state index in [9.17, 15) is 0 Å². The minimum atomic E-state index is 0. The van der Waals surface area contributed by atoms with Crippen LogP contribution in [0.25, 0.3) is 0 Å². The second-order valence-electron chi connectivity index (χ2n) is 3.88. The summed E-state index contributed by atoms with van der Waals surface area (Å²) in [6.07, 6.45) is 3.08. The smallest absolute Gasteiger partial charge is 0.0391 e. The van der Waals surface area contributed by atoms with Gasteiger partial charge in [0.05, 0.1) is 0 Å². The summed E-state index contributed by atoms with van der Waals surface area (Å²) in [5, 5.41) is 7.81. The molecule has 0 saturated carbocycles. The van der Waals surface area contributed by atoms with Gasteiger partial charge < -0.3 is 5.32 Å². The van der Waals surface area contributed by atoms with Gasteiger partial charge in [-0.3, -0.25) is 4.90 Å². The lowest BCUT2D eigenvalue weighted by Crippen LogP contribution is -2.45. The molecule has 1 saturated heterocycles. The molecule has 1 aliphatic rings. The Morgan fingerprint density at radius 2 is 2.12 bits per heavy atom. The molecule has 5 heteroatoms. The SMILES string of the molecule is C=CC[C@H](c1ccsc1)N1CCNCC1.Cl.Cl. The third kappa shape index (κ3) is 4.60. The Kier molecular flexibility index (Phi) is 8.92. The molecule has 1 fully saturated rings. The van der Waals surface area contributed by atoms with Crippen LogP contribution in [-0.4, -0.2) is 31.1 Å². The topological polar surface area (TPSA) is 15.3 Å². The van der Waals surface area contributed by atoms with E-state index in [-0.39, 0.29) is 24.8 Å². The van der Waals surface area contributed by atoms with Crippen molar-refractivity contribution in [3.8, 4) is 0 Å². The number of hydrogen-bond acceptors (Lipinski definition) is 3. The number of rotatable bonds is 4. The molecule has 1 aromatic heterocycles. The zero-order valence-electron chi connectivity index (χ0n) is 9.80. The second-order valence-corrected chi connectivity index (χ2v) is 4.66. The highest BCUT2D eigenvalue weighted by molar-refractivity contribution is 7.07. The second kappa shape index (κ2) is 8.95. The van der Waals surface area contributed by atoms with Gasteiger partial charge in [-0.2, -0.15) is 11.3 Å². The lowest BCUT2D eigenvalue weighted by atomic mass is 10.0. The normalized spacial score (nSPS) is 17.6. The maximum absolute atomic E-state index is 3.87. The van der Waals surface area contributed by atoms with Gasteiger partial charge in [-0.1, -0.05) is 6.08 Å². The number of halogens is 2. The first-order valence-corrected chi connectivity index (χ1v) is 6.44. The first kappa shape index (κ1) is 16.9. The Balaban J connectivity index is 0.00000128. The first-order chi connectivity index (χ1) is 7.42. The van der Waals surface area contributed by atoms with E-state index in [0.29, 0.717) is 6.04 Å². The summed E-state index contributed by atoms with van der Waals surface area (Å²) in [6, 6.07) is 2.77. The standard InChI is InChI=1S/C12H18N2S.2ClH/c1-2-3-12(11-4-9-15-10-11)14-7-5-13-6-8-14;;/h2,4,9-10,12-13H,1,3,5-8H2;2*1H/t12-;;/m1../s1. The van der Waals surface area contributed by atoms with Crippen molar-refractivity contribution in [3.05, 3.63) is 35.0 Å². The molecule has 0 amide bonds. The molecule has 1 N–H and O–H groups in total. The van der Waals surface area contributed by atoms with E-state index in [1.165, 1.54) is 5.56 Å². The summed E-state index contributed by atoms with van der Waals surface area (Å²) < 4.78 is 0. The van der Waals surface area contributed by atoms with Crippen molar-refractivity contribution >= 4 is 36.2 Å². The highest BCUT2D eigenvalue weighted by Gasteiger charge is 2.20. The molecule has 2 rings (SSSR count). The predicted molar refractivity (Wildman–Crippen MR) is 80.8 cm³/mol.